The van der Waals surface area contributed by atoms with Crippen molar-refractivity contribution in [1.29, 1.82) is 5.41 Å². The Morgan fingerprint density at radius 3 is 2.80 bits per heavy atom. The molecule has 2 aromatic carbocycles. The molecule has 4 aromatic rings. The number of aliphatic hydroxyl groups is 1. The van der Waals surface area contributed by atoms with Crippen LogP contribution in [0.3, 0.4) is 0 Å². The molecule has 7 nitrogen and oxygen atoms in total. The zero-order valence-electron chi connectivity index (χ0n) is 13.5. The molecule has 0 bridgehead atoms. The minimum Gasteiger partial charge on any atom is -0.395 e. The highest BCUT2D eigenvalue weighted by Gasteiger charge is 2.13. The second kappa shape index (κ2) is 6.03. The number of aromatic nitrogens is 4. The van der Waals surface area contributed by atoms with E-state index in [-0.39, 0.29) is 12.4 Å². The summed E-state index contributed by atoms with van der Waals surface area (Å²) in [7, 11) is 0. The number of hydrogen-bond acceptors (Lipinski definition) is 4. The van der Waals surface area contributed by atoms with Crippen LogP contribution < -0.4 is 5.73 Å². The van der Waals surface area contributed by atoms with Gasteiger partial charge in [-0.2, -0.15) is 0 Å². The van der Waals surface area contributed by atoms with Crippen molar-refractivity contribution >= 4 is 27.9 Å². The highest BCUT2D eigenvalue weighted by molar-refractivity contribution is 5.97. The van der Waals surface area contributed by atoms with Crippen LogP contribution in [0.5, 0.6) is 0 Å². The minimum atomic E-state index is 0.0304. The van der Waals surface area contributed by atoms with E-state index >= 15 is 0 Å². The van der Waals surface area contributed by atoms with E-state index in [2.05, 4.69) is 15.0 Å². The van der Waals surface area contributed by atoms with Crippen LogP contribution in [-0.4, -0.2) is 37.1 Å². The number of amidine groups is 1. The second-order valence-electron chi connectivity index (χ2n) is 5.90. The minimum absolute atomic E-state index is 0.0304. The van der Waals surface area contributed by atoms with Gasteiger partial charge in [-0.25, -0.2) is 9.97 Å². The van der Waals surface area contributed by atoms with Crippen LogP contribution in [0, 0.1) is 5.41 Å². The van der Waals surface area contributed by atoms with Crippen molar-refractivity contribution in [3.05, 3.63) is 59.7 Å². The topological polar surface area (TPSA) is 117 Å². The standard InChI is InChI=1S/C18H18N6O/c19-18(20)11-5-6-12-14(9-11)22-16(21-12)10-17-23-13-3-1-2-4-15(13)24(17)7-8-25/h1-6,9,25H,7-8,10H2,(H3,19,20)(H,21,22). The van der Waals surface area contributed by atoms with Gasteiger partial charge in [0.2, 0.25) is 0 Å². The van der Waals surface area contributed by atoms with Gasteiger partial charge in [0.15, 0.2) is 0 Å². The summed E-state index contributed by atoms with van der Waals surface area (Å²) in [6.45, 7) is 0.542. The molecule has 5 N–H and O–H groups in total. The largest absolute Gasteiger partial charge is 0.395 e. The number of H-pyrrole nitrogens is 1. The van der Waals surface area contributed by atoms with Crippen LogP contribution in [0.1, 0.15) is 17.2 Å². The Labute approximate surface area is 143 Å². The lowest BCUT2D eigenvalue weighted by atomic mass is 10.2. The van der Waals surface area contributed by atoms with E-state index in [0.717, 1.165) is 33.7 Å². The van der Waals surface area contributed by atoms with Crippen molar-refractivity contribution in [3.63, 3.8) is 0 Å². The number of nitrogens with one attached hydrogen (secondary N) is 2. The van der Waals surface area contributed by atoms with E-state index in [1.807, 2.05) is 41.0 Å². The molecule has 0 radical (unpaired) electrons. The average Bonchev–Trinajstić information content (AvgIpc) is 3.16. The number of nitrogens with zero attached hydrogens (tertiary/aromatic N) is 3. The number of para-hydroxylation sites is 2. The molecule has 2 aromatic heterocycles. The van der Waals surface area contributed by atoms with Crippen LogP contribution in [0.25, 0.3) is 22.1 Å². The monoisotopic (exact) mass is 334 g/mol. The molecule has 0 aliphatic rings. The molecular weight excluding hydrogens is 316 g/mol. The predicted molar refractivity (Wildman–Crippen MR) is 96.7 cm³/mol. The van der Waals surface area contributed by atoms with E-state index in [1.54, 1.807) is 6.07 Å². The van der Waals surface area contributed by atoms with Crippen molar-refractivity contribution in [3.8, 4) is 0 Å². The molecule has 25 heavy (non-hydrogen) atoms. The molecule has 0 saturated carbocycles. The van der Waals surface area contributed by atoms with Crippen LogP contribution in [-0.2, 0) is 13.0 Å². The number of nitrogens with two attached hydrogens (primary N) is 1. The van der Waals surface area contributed by atoms with Gasteiger partial charge in [0.25, 0.3) is 0 Å². The summed E-state index contributed by atoms with van der Waals surface area (Å²) in [4.78, 5) is 12.6. The lowest BCUT2D eigenvalue weighted by Crippen LogP contribution is -2.10. The molecule has 7 heteroatoms. The van der Waals surface area contributed by atoms with Crippen molar-refractivity contribution in [2.75, 3.05) is 6.61 Å². The summed E-state index contributed by atoms with van der Waals surface area (Å²) in [5.41, 5.74) is 9.77. The highest BCUT2D eigenvalue weighted by Crippen LogP contribution is 2.19. The number of hydrogen-bond donors (Lipinski definition) is 4. The van der Waals surface area contributed by atoms with Gasteiger partial charge >= 0.3 is 0 Å². The molecule has 4 rings (SSSR count). The van der Waals surface area contributed by atoms with E-state index in [0.29, 0.717) is 18.5 Å². The molecule has 0 unspecified atom stereocenters. The Hall–Kier alpha value is -3.19. The van der Waals surface area contributed by atoms with Crippen molar-refractivity contribution in [1.82, 2.24) is 19.5 Å². The van der Waals surface area contributed by atoms with Gasteiger partial charge in [0.05, 0.1) is 35.1 Å². The molecule has 126 valence electrons. The van der Waals surface area contributed by atoms with Crippen LogP contribution in [0.4, 0.5) is 0 Å². The summed E-state index contributed by atoms with van der Waals surface area (Å²) in [6, 6.07) is 13.3. The first-order valence-electron chi connectivity index (χ1n) is 8.04. The van der Waals surface area contributed by atoms with Crippen LogP contribution >= 0.6 is 0 Å². The number of benzene rings is 2. The van der Waals surface area contributed by atoms with Gasteiger partial charge in [-0.05, 0) is 30.3 Å². The van der Waals surface area contributed by atoms with Gasteiger partial charge in [0.1, 0.15) is 17.5 Å². The van der Waals surface area contributed by atoms with Gasteiger partial charge in [-0.3, -0.25) is 5.41 Å². The van der Waals surface area contributed by atoms with Gasteiger partial charge < -0.3 is 20.4 Å². The van der Waals surface area contributed by atoms with Crippen LogP contribution in [0.15, 0.2) is 42.5 Å². The summed E-state index contributed by atoms with van der Waals surface area (Å²) in [6.07, 6.45) is 0.527. The van der Waals surface area contributed by atoms with E-state index < -0.39 is 0 Å². The fourth-order valence-electron chi connectivity index (χ4n) is 3.07. The van der Waals surface area contributed by atoms with Gasteiger partial charge in [-0.15, -0.1) is 0 Å². The Balaban J connectivity index is 1.74. The van der Waals surface area contributed by atoms with Crippen molar-refractivity contribution < 1.29 is 5.11 Å². The number of aromatic amines is 1. The lowest BCUT2D eigenvalue weighted by molar-refractivity contribution is 0.276. The third-order valence-corrected chi connectivity index (χ3v) is 4.22. The van der Waals surface area contributed by atoms with E-state index in [4.69, 9.17) is 11.1 Å². The number of imidazole rings is 2. The maximum Gasteiger partial charge on any atom is 0.122 e. The quantitative estimate of drug-likeness (QED) is 0.329. The summed E-state index contributed by atoms with van der Waals surface area (Å²) in [5.74, 6) is 1.66. The Bertz CT molecular complexity index is 1080. The molecular formula is C18H18N6O. The third-order valence-electron chi connectivity index (χ3n) is 4.22. The predicted octanol–water partition coefficient (Wildman–Crippen LogP) is 1.78. The normalized spacial score (nSPS) is 11.4. The fourth-order valence-corrected chi connectivity index (χ4v) is 3.07. The molecule has 2 heterocycles. The fraction of sp³-hybridized carbons (Fsp3) is 0.167. The van der Waals surface area contributed by atoms with Crippen molar-refractivity contribution in [2.24, 2.45) is 5.73 Å². The third kappa shape index (κ3) is 2.74. The Morgan fingerprint density at radius 1 is 1.16 bits per heavy atom. The zero-order chi connectivity index (χ0) is 17.4. The lowest BCUT2D eigenvalue weighted by Gasteiger charge is -2.06. The first kappa shape index (κ1) is 15.3. The smallest absolute Gasteiger partial charge is 0.122 e. The van der Waals surface area contributed by atoms with Gasteiger partial charge in [0, 0.05) is 12.1 Å². The highest BCUT2D eigenvalue weighted by atomic mass is 16.3. The first-order chi connectivity index (χ1) is 12.2. The van der Waals surface area contributed by atoms with E-state index in [1.165, 1.54) is 0 Å². The van der Waals surface area contributed by atoms with Crippen LogP contribution in [0.2, 0.25) is 0 Å². The number of aliphatic hydroxyl groups excluding tert-OH is 1. The van der Waals surface area contributed by atoms with E-state index in [9.17, 15) is 5.11 Å². The molecule has 0 fully saturated rings. The Morgan fingerprint density at radius 2 is 2.00 bits per heavy atom. The Kier molecular flexibility index (Phi) is 3.70. The molecule has 0 amide bonds. The molecule has 0 aliphatic carbocycles. The SMILES string of the molecule is N=C(N)c1ccc2nc(Cc3nc4ccccc4n3CCO)[nH]c2c1. The molecule has 0 spiro atoms. The molecule has 0 saturated heterocycles. The average molecular weight is 334 g/mol. The number of rotatable bonds is 5. The zero-order valence-corrected chi connectivity index (χ0v) is 13.5. The number of fused-ring (bicyclic) bond motifs is 2. The summed E-state index contributed by atoms with van der Waals surface area (Å²) >= 11 is 0. The van der Waals surface area contributed by atoms with Crippen molar-refractivity contribution in [2.45, 2.75) is 13.0 Å². The number of nitrogen functional groups attached to an aromatic ring is 1. The molecule has 0 atom stereocenters. The maximum absolute atomic E-state index is 9.38. The maximum atomic E-state index is 9.38. The molecule has 0 aliphatic heterocycles. The summed E-state index contributed by atoms with van der Waals surface area (Å²) in [5, 5.41) is 16.9. The summed E-state index contributed by atoms with van der Waals surface area (Å²) < 4.78 is 2.02. The van der Waals surface area contributed by atoms with Gasteiger partial charge in [-0.1, -0.05) is 12.1 Å². The second-order valence-corrected chi connectivity index (χ2v) is 5.90. The first-order valence-corrected chi connectivity index (χ1v) is 8.04.